The smallest absolute Gasteiger partial charge is 0.231 e. The molecule has 1 fully saturated rings. The number of carbonyl (C=O) groups excluding carboxylic acids is 2. The average molecular weight is 350 g/mol. The third-order valence-corrected chi connectivity index (χ3v) is 6.49. The number of likely N-dealkylation sites (tertiary alicyclic amines) is 1. The number of sulfone groups is 1. The molecule has 6 nitrogen and oxygen atoms in total. The summed E-state index contributed by atoms with van der Waals surface area (Å²) in [7, 11) is -1.85. The van der Waals surface area contributed by atoms with Gasteiger partial charge in [-0.05, 0) is 43.0 Å². The first-order valence-electron chi connectivity index (χ1n) is 8.28. The third kappa shape index (κ3) is 3.31. The lowest BCUT2D eigenvalue weighted by molar-refractivity contribution is -0.131. The molecule has 0 bridgehead atoms. The van der Waals surface area contributed by atoms with Gasteiger partial charge in [-0.3, -0.25) is 9.59 Å². The van der Waals surface area contributed by atoms with E-state index in [4.69, 9.17) is 0 Å². The molecule has 2 heterocycles. The van der Waals surface area contributed by atoms with Crippen LogP contribution in [-0.4, -0.2) is 51.0 Å². The van der Waals surface area contributed by atoms with Crippen molar-refractivity contribution in [3.8, 4) is 0 Å². The zero-order chi connectivity index (χ0) is 17.3. The van der Waals surface area contributed by atoms with E-state index in [1.54, 1.807) is 24.1 Å². The quantitative estimate of drug-likeness (QED) is 0.822. The Bertz CT molecular complexity index is 767. The molecule has 3 rings (SSSR count). The molecule has 130 valence electrons. The monoisotopic (exact) mass is 350 g/mol. The van der Waals surface area contributed by atoms with Crippen LogP contribution in [0.5, 0.6) is 0 Å². The molecular weight excluding hydrogens is 328 g/mol. The first kappa shape index (κ1) is 17.0. The summed E-state index contributed by atoms with van der Waals surface area (Å²) >= 11 is 0. The molecule has 0 aliphatic carbocycles. The van der Waals surface area contributed by atoms with E-state index in [1.165, 1.54) is 11.0 Å². The van der Waals surface area contributed by atoms with Gasteiger partial charge in [0.05, 0.1) is 17.1 Å². The van der Waals surface area contributed by atoms with Gasteiger partial charge in [-0.1, -0.05) is 0 Å². The number of piperidine rings is 1. The lowest BCUT2D eigenvalue weighted by Crippen LogP contribution is -2.36. The Morgan fingerprint density at radius 1 is 1.17 bits per heavy atom. The predicted octanol–water partition coefficient (Wildman–Crippen LogP) is 1.38. The minimum atomic E-state index is -3.53. The Balaban J connectivity index is 1.69. The molecule has 1 aromatic carbocycles. The summed E-state index contributed by atoms with van der Waals surface area (Å²) in [5.74, 6) is -0.320. The van der Waals surface area contributed by atoms with Gasteiger partial charge in [-0.2, -0.15) is 0 Å². The maximum Gasteiger partial charge on any atom is 0.231 e. The van der Waals surface area contributed by atoms with Crippen molar-refractivity contribution in [1.29, 1.82) is 0 Å². The number of hydrogen-bond donors (Lipinski definition) is 0. The zero-order valence-corrected chi connectivity index (χ0v) is 14.6. The van der Waals surface area contributed by atoms with Crippen LogP contribution >= 0.6 is 0 Å². The maximum atomic E-state index is 12.5. The fourth-order valence-corrected chi connectivity index (χ4v) is 4.56. The van der Waals surface area contributed by atoms with Crippen LogP contribution in [0.15, 0.2) is 23.1 Å². The van der Waals surface area contributed by atoms with Gasteiger partial charge in [-0.15, -0.1) is 0 Å². The molecule has 0 aromatic heterocycles. The molecular formula is C17H22N2O4S. The van der Waals surface area contributed by atoms with E-state index in [9.17, 15) is 18.0 Å². The molecule has 7 heteroatoms. The molecule has 0 N–H and O–H groups in total. The van der Waals surface area contributed by atoms with Gasteiger partial charge in [0.2, 0.25) is 11.8 Å². The van der Waals surface area contributed by atoms with Gasteiger partial charge in [0.15, 0.2) is 9.84 Å². The Kier molecular flexibility index (Phi) is 4.62. The first-order valence-corrected chi connectivity index (χ1v) is 9.94. The first-order chi connectivity index (χ1) is 11.4. The number of anilines is 1. The number of likely N-dealkylation sites (N-methyl/N-ethyl adjacent to an activating group) is 1. The number of hydrogen-bond acceptors (Lipinski definition) is 4. The van der Waals surface area contributed by atoms with Crippen molar-refractivity contribution in [2.24, 2.45) is 0 Å². The lowest BCUT2D eigenvalue weighted by atomic mass is 10.1. The summed E-state index contributed by atoms with van der Waals surface area (Å²) in [5, 5.41) is 0. The van der Waals surface area contributed by atoms with E-state index in [1.807, 2.05) is 0 Å². The molecule has 0 unspecified atom stereocenters. The van der Waals surface area contributed by atoms with Gasteiger partial charge in [0.25, 0.3) is 0 Å². The SMILES string of the molecule is CN1C(=O)Cc2cc(S(=O)(=O)CCC(=O)N3CCCCC3)ccc21. The molecule has 0 spiro atoms. The average Bonchev–Trinajstić information content (AvgIpc) is 2.87. The standard InChI is InChI=1S/C17H22N2O4S/c1-18-15-6-5-14(11-13(15)12-17(18)21)24(22,23)10-7-16(20)19-8-3-2-4-9-19/h5-6,11H,2-4,7-10,12H2,1H3. The van der Waals surface area contributed by atoms with Crippen molar-refractivity contribution in [2.75, 3.05) is 30.8 Å². The van der Waals surface area contributed by atoms with Crippen LogP contribution < -0.4 is 4.90 Å². The summed E-state index contributed by atoms with van der Waals surface area (Å²) in [4.78, 5) is 27.4. The fourth-order valence-electron chi connectivity index (χ4n) is 3.28. The van der Waals surface area contributed by atoms with Gasteiger partial charge >= 0.3 is 0 Å². The Morgan fingerprint density at radius 2 is 1.88 bits per heavy atom. The van der Waals surface area contributed by atoms with Crippen LogP contribution in [0.4, 0.5) is 5.69 Å². The Labute approximate surface area is 142 Å². The summed E-state index contributed by atoms with van der Waals surface area (Å²) in [5.41, 5.74) is 1.48. The Hall–Kier alpha value is -1.89. The summed E-state index contributed by atoms with van der Waals surface area (Å²) in [6.07, 6.45) is 3.35. The summed E-state index contributed by atoms with van der Waals surface area (Å²) in [6.45, 7) is 1.46. The normalized spacial score (nSPS) is 18.0. The topological polar surface area (TPSA) is 74.8 Å². The minimum absolute atomic E-state index is 0.0122. The van der Waals surface area contributed by atoms with Crippen molar-refractivity contribution in [3.05, 3.63) is 23.8 Å². The van der Waals surface area contributed by atoms with Gasteiger partial charge in [0, 0.05) is 32.2 Å². The van der Waals surface area contributed by atoms with Crippen molar-refractivity contribution in [1.82, 2.24) is 4.90 Å². The molecule has 24 heavy (non-hydrogen) atoms. The zero-order valence-electron chi connectivity index (χ0n) is 13.8. The van der Waals surface area contributed by atoms with Crippen LogP contribution in [0.25, 0.3) is 0 Å². The summed E-state index contributed by atoms with van der Waals surface area (Å²) < 4.78 is 25.0. The van der Waals surface area contributed by atoms with Gasteiger partial charge in [0.1, 0.15) is 0 Å². The van der Waals surface area contributed by atoms with Crippen molar-refractivity contribution >= 4 is 27.3 Å². The second kappa shape index (κ2) is 6.55. The van der Waals surface area contributed by atoms with Crippen LogP contribution in [0.3, 0.4) is 0 Å². The maximum absolute atomic E-state index is 12.5. The lowest BCUT2D eigenvalue weighted by Gasteiger charge is -2.26. The van der Waals surface area contributed by atoms with Crippen LogP contribution in [0.2, 0.25) is 0 Å². The van der Waals surface area contributed by atoms with Gasteiger partial charge < -0.3 is 9.80 Å². The van der Waals surface area contributed by atoms with Crippen LogP contribution in [-0.2, 0) is 25.8 Å². The van der Waals surface area contributed by atoms with E-state index in [0.717, 1.165) is 43.6 Å². The molecule has 1 saturated heterocycles. The second-order valence-corrected chi connectivity index (χ2v) is 8.54. The number of benzene rings is 1. The van der Waals surface area contributed by atoms with E-state index < -0.39 is 9.84 Å². The summed E-state index contributed by atoms with van der Waals surface area (Å²) in [6, 6.07) is 4.76. The highest BCUT2D eigenvalue weighted by atomic mass is 32.2. The van der Waals surface area contributed by atoms with Crippen molar-refractivity contribution in [3.63, 3.8) is 0 Å². The molecule has 2 aliphatic heterocycles. The van der Waals surface area contributed by atoms with Crippen LogP contribution in [0.1, 0.15) is 31.2 Å². The largest absolute Gasteiger partial charge is 0.343 e. The number of carbonyl (C=O) groups is 2. The fraction of sp³-hybridized carbons (Fsp3) is 0.529. The molecule has 0 atom stereocenters. The van der Waals surface area contributed by atoms with Crippen molar-refractivity contribution < 1.29 is 18.0 Å². The van der Waals surface area contributed by atoms with E-state index >= 15 is 0 Å². The molecule has 0 saturated carbocycles. The highest BCUT2D eigenvalue weighted by Gasteiger charge is 2.27. The van der Waals surface area contributed by atoms with Gasteiger partial charge in [-0.25, -0.2) is 8.42 Å². The van der Waals surface area contributed by atoms with Crippen molar-refractivity contribution in [2.45, 2.75) is 37.0 Å². The Morgan fingerprint density at radius 3 is 2.58 bits per heavy atom. The third-order valence-electron chi connectivity index (χ3n) is 4.78. The van der Waals surface area contributed by atoms with Crippen LogP contribution in [0, 0.1) is 0 Å². The number of amides is 2. The number of fused-ring (bicyclic) bond motifs is 1. The molecule has 0 radical (unpaired) electrons. The molecule has 1 aromatic rings. The molecule has 2 amide bonds. The van der Waals surface area contributed by atoms with E-state index in [2.05, 4.69) is 0 Å². The predicted molar refractivity (Wildman–Crippen MR) is 90.7 cm³/mol. The highest BCUT2D eigenvalue weighted by Crippen LogP contribution is 2.30. The van der Waals surface area contributed by atoms with E-state index in [0.29, 0.717) is 0 Å². The second-order valence-electron chi connectivity index (χ2n) is 6.43. The minimum Gasteiger partial charge on any atom is -0.343 e. The van der Waals surface area contributed by atoms with E-state index in [-0.39, 0.29) is 35.3 Å². The molecule has 2 aliphatic rings. The number of nitrogens with zero attached hydrogens (tertiary/aromatic N) is 2. The highest BCUT2D eigenvalue weighted by molar-refractivity contribution is 7.91. The number of rotatable bonds is 4.